The number of nitrogens with zero attached hydrogens (tertiary/aromatic N) is 3. The highest BCUT2D eigenvalue weighted by Crippen LogP contribution is 2.29. The Balaban J connectivity index is 1.67. The van der Waals surface area contributed by atoms with Gasteiger partial charge in [0.25, 0.3) is 20.2 Å². The fraction of sp³-hybridized carbons (Fsp3) is 0.692. The van der Waals surface area contributed by atoms with Crippen molar-refractivity contribution in [3.05, 3.63) is 16.5 Å². The van der Waals surface area contributed by atoms with Gasteiger partial charge in [-0.25, -0.2) is 8.42 Å². The van der Waals surface area contributed by atoms with E-state index in [-0.39, 0.29) is 30.4 Å². The van der Waals surface area contributed by atoms with Gasteiger partial charge in [0, 0.05) is 39.3 Å². The van der Waals surface area contributed by atoms with E-state index in [1.807, 2.05) is 0 Å². The molecule has 24 heavy (non-hydrogen) atoms. The molecule has 2 saturated heterocycles. The monoisotopic (exact) mass is 413 g/mol. The molecule has 0 amide bonds. The molecule has 2 aliphatic rings. The van der Waals surface area contributed by atoms with Crippen LogP contribution in [-0.2, 0) is 20.2 Å². The summed E-state index contributed by atoms with van der Waals surface area (Å²) < 4.78 is 55.2. The average Bonchev–Trinajstić information content (AvgIpc) is 3.03. The van der Waals surface area contributed by atoms with Crippen molar-refractivity contribution in [3.8, 4) is 0 Å². The molecular weight excluding hydrogens is 394 g/mol. The van der Waals surface area contributed by atoms with E-state index >= 15 is 0 Å². The van der Waals surface area contributed by atoms with E-state index in [0.717, 1.165) is 30.6 Å². The lowest BCUT2D eigenvalue weighted by Gasteiger charge is -2.37. The van der Waals surface area contributed by atoms with E-state index in [2.05, 4.69) is 0 Å². The Morgan fingerprint density at radius 1 is 0.792 bits per heavy atom. The summed E-state index contributed by atoms with van der Waals surface area (Å²) in [6, 6.07) is 3.04. The Morgan fingerprint density at radius 3 is 1.88 bits per heavy atom. The number of rotatable bonds is 4. The van der Waals surface area contributed by atoms with Crippen LogP contribution in [0.5, 0.6) is 0 Å². The first-order valence-electron chi connectivity index (χ1n) is 7.82. The predicted molar refractivity (Wildman–Crippen MR) is 94.0 cm³/mol. The second-order valence-corrected chi connectivity index (χ2v) is 11.6. The van der Waals surface area contributed by atoms with E-state index in [1.54, 1.807) is 6.07 Å². The highest BCUT2D eigenvalue weighted by atomic mass is 35.5. The number of piperidine rings is 1. The van der Waals surface area contributed by atoms with Gasteiger partial charge in [-0.15, -0.1) is 11.3 Å². The first-order chi connectivity index (χ1) is 11.3. The van der Waals surface area contributed by atoms with Crippen LogP contribution in [0, 0.1) is 0 Å². The molecule has 0 unspecified atom stereocenters. The van der Waals surface area contributed by atoms with Crippen LogP contribution in [0.1, 0.15) is 19.3 Å². The number of thiophene rings is 1. The van der Waals surface area contributed by atoms with E-state index in [9.17, 15) is 16.8 Å². The van der Waals surface area contributed by atoms with Gasteiger partial charge in [-0.1, -0.05) is 18.0 Å². The summed E-state index contributed by atoms with van der Waals surface area (Å²) in [6.07, 6.45) is 2.82. The average molecular weight is 414 g/mol. The molecule has 7 nitrogen and oxygen atoms in total. The maximum absolute atomic E-state index is 12.6. The molecule has 2 aliphatic heterocycles. The van der Waals surface area contributed by atoms with Gasteiger partial charge in [-0.3, -0.25) is 0 Å². The number of hydrogen-bond donors (Lipinski definition) is 0. The fourth-order valence-electron chi connectivity index (χ4n) is 2.96. The molecule has 0 saturated carbocycles. The van der Waals surface area contributed by atoms with Crippen molar-refractivity contribution in [2.75, 3.05) is 39.3 Å². The topological polar surface area (TPSA) is 78.0 Å². The third kappa shape index (κ3) is 3.64. The van der Waals surface area contributed by atoms with Gasteiger partial charge in [0.1, 0.15) is 4.21 Å². The van der Waals surface area contributed by atoms with Gasteiger partial charge in [0.05, 0.1) is 4.34 Å². The Labute approximate surface area is 152 Å². The van der Waals surface area contributed by atoms with Crippen LogP contribution in [0.2, 0.25) is 4.34 Å². The molecule has 0 aliphatic carbocycles. The highest BCUT2D eigenvalue weighted by Gasteiger charge is 2.36. The largest absolute Gasteiger partial charge is 0.282 e. The van der Waals surface area contributed by atoms with Gasteiger partial charge in [-0.05, 0) is 25.0 Å². The van der Waals surface area contributed by atoms with Crippen molar-refractivity contribution < 1.29 is 16.8 Å². The van der Waals surface area contributed by atoms with E-state index in [4.69, 9.17) is 11.6 Å². The minimum atomic E-state index is -3.60. The highest BCUT2D eigenvalue weighted by molar-refractivity contribution is 7.91. The van der Waals surface area contributed by atoms with Crippen molar-refractivity contribution in [1.29, 1.82) is 0 Å². The predicted octanol–water partition coefficient (Wildman–Crippen LogP) is 1.44. The number of halogens is 1. The third-order valence-corrected chi connectivity index (χ3v) is 9.94. The summed E-state index contributed by atoms with van der Waals surface area (Å²) >= 11 is 6.83. The summed E-state index contributed by atoms with van der Waals surface area (Å²) in [4.78, 5) is 0. The first kappa shape index (κ1) is 18.6. The zero-order chi connectivity index (χ0) is 17.4. The molecule has 0 radical (unpaired) electrons. The molecule has 1 aromatic rings. The maximum Gasteiger partial charge on any atom is 0.282 e. The van der Waals surface area contributed by atoms with Crippen LogP contribution < -0.4 is 0 Å². The van der Waals surface area contributed by atoms with Crippen LogP contribution in [0.3, 0.4) is 0 Å². The van der Waals surface area contributed by atoms with E-state index in [0.29, 0.717) is 17.4 Å². The first-order valence-corrected chi connectivity index (χ1v) is 11.9. The van der Waals surface area contributed by atoms with E-state index < -0.39 is 20.2 Å². The Kier molecular flexibility index (Phi) is 5.55. The second kappa shape index (κ2) is 7.18. The van der Waals surface area contributed by atoms with Crippen LogP contribution in [0.15, 0.2) is 16.3 Å². The third-order valence-electron chi connectivity index (χ3n) is 4.31. The number of hydrogen-bond acceptors (Lipinski definition) is 5. The molecule has 0 atom stereocenters. The van der Waals surface area contributed by atoms with Crippen LogP contribution in [0.4, 0.5) is 0 Å². The molecular formula is C13H20ClN3O4S3. The Morgan fingerprint density at radius 2 is 1.33 bits per heavy atom. The normalized spacial score (nSPS) is 22.7. The molecule has 3 rings (SSSR count). The zero-order valence-corrected chi connectivity index (χ0v) is 16.3. The van der Waals surface area contributed by atoms with Crippen molar-refractivity contribution in [3.63, 3.8) is 0 Å². The standard InChI is InChI=1S/C13H20ClN3O4S3/c14-12-4-5-13(22-12)23(18,19)15-8-10-17(11-9-15)24(20,21)16-6-2-1-3-7-16/h4-5H,1-3,6-11H2. The van der Waals surface area contributed by atoms with E-state index in [1.165, 1.54) is 19.0 Å². The van der Waals surface area contributed by atoms with Gasteiger partial charge in [-0.2, -0.15) is 21.3 Å². The Bertz CT molecular complexity index is 779. The minimum Gasteiger partial charge on any atom is -0.206 e. The summed E-state index contributed by atoms with van der Waals surface area (Å²) in [6.45, 7) is 1.77. The maximum atomic E-state index is 12.6. The quantitative estimate of drug-likeness (QED) is 0.748. The molecule has 11 heteroatoms. The fourth-order valence-corrected chi connectivity index (χ4v) is 7.69. The molecule has 3 heterocycles. The van der Waals surface area contributed by atoms with Gasteiger partial charge < -0.3 is 0 Å². The van der Waals surface area contributed by atoms with Gasteiger partial charge in [0.2, 0.25) is 0 Å². The van der Waals surface area contributed by atoms with Gasteiger partial charge in [0.15, 0.2) is 0 Å². The molecule has 0 spiro atoms. The zero-order valence-electron chi connectivity index (χ0n) is 13.1. The second-order valence-electron chi connectivity index (χ2n) is 5.83. The van der Waals surface area contributed by atoms with Crippen molar-refractivity contribution in [1.82, 2.24) is 12.9 Å². The van der Waals surface area contributed by atoms with Gasteiger partial charge >= 0.3 is 0 Å². The Hall–Kier alpha value is -0.230. The molecule has 0 aromatic carbocycles. The van der Waals surface area contributed by atoms with Crippen molar-refractivity contribution in [2.24, 2.45) is 0 Å². The summed E-state index contributed by atoms with van der Waals surface area (Å²) in [5.74, 6) is 0. The summed E-state index contributed by atoms with van der Waals surface area (Å²) in [5, 5.41) is 0. The van der Waals surface area contributed by atoms with Crippen LogP contribution >= 0.6 is 22.9 Å². The van der Waals surface area contributed by atoms with Crippen molar-refractivity contribution in [2.45, 2.75) is 23.5 Å². The summed E-state index contributed by atoms with van der Waals surface area (Å²) in [5.41, 5.74) is 0. The molecule has 1 aromatic heterocycles. The lowest BCUT2D eigenvalue weighted by atomic mass is 10.2. The van der Waals surface area contributed by atoms with Crippen molar-refractivity contribution >= 4 is 43.2 Å². The van der Waals surface area contributed by atoms with Crippen LogP contribution in [0.25, 0.3) is 0 Å². The number of sulfonamides is 1. The molecule has 136 valence electrons. The minimum absolute atomic E-state index is 0.158. The molecule has 2 fully saturated rings. The number of piperazine rings is 1. The smallest absolute Gasteiger partial charge is 0.206 e. The molecule has 0 N–H and O–H groups in total. The SMILES string of the molecule is O=S(=O)(c1ccc(Cl)s1)N1CCN(S(=O)(=O)N2CCCCC2)CC1. The summed E-state index contributed by atoms with van der Waals surface area (Å²) in [7, 11) is -7.09. The lowest BCUT2D eigenvalue weighted by molar-refractivity contribution is 0.245. The molecule has 0 bridgehead atoms. The van der Waals surface area contributed by atoms with Crippen LogP contribution in [-0.4, -0.2) is 69.0 Å². The lowest BCUT2D eigenvalue weighted by Crippen LogP contribution is -2.54.